The number of rotatable bonds is 4. The van der Waals surface area contributed by atoms with E-state index in [2.05, 4.69) is 22.7 Å². The van der Waals surface area contributed by atoms with Crippen LogP contribution in [0, 0.1) is 6.20 Å². The largest absolute Gasteiger partial charge is 0.337 e. The molecule has 0 atom stereocenters. The molecule has 2 heteroatoms. The maximum atomic E-state index is 3.84. The molecule has 1 aromatic heterocycles. The summed E-state index contributed by atoms with van der Waals surface area (Å²) in [5.74, 6) is 0. The lowest BCUT2D eigenvalue weighted by Gasteiger charge is -1.98. The Hall–Kier alpha value is -0.790. The summed E-state index contributed by atoms with van der Waals surface area (Å²) in [6.07, 6.45) is 10.3. The maximum absolute atomic E-state index is 3.84. The molecule has 0 aromatic carbocycles. The molecule has 0 fully saturated rings. The van der Waals surface area contributed by atoms with Crippen LogP contribution in [0.3, 0.4) is 0 Å². The summed E-state index contributed by atoms with van der Waals surface area (Å²) >= 11 is 0. The number of aromatic nitrogens is 2. The lowest BCUT2D eigenvalue weighted by Crippen LogP contribution is -1.93. The monoisotopic (exact) mass is 137 g/mol. The average molecular weight is 137 g/mol. The van der Waals surface area contributed by atoms with E-state index in [4.69, 9.17) is 0 Å². The molecule has 0 spiro atoms. The lowest BCUT2D eigenvalue weighted by molar-refractivity contribution is 0.602. The first-order valence-corrected chi connectivity index (χ1v) is 3.81. The summed E-state index contributed by atoms with van der Waals surface area (Å²) in [6.45, 7) is 3.30. The molecular formula is C8H13N2. The molecule has 2 nitrogen and oxygen atoms in total. The molecule has 0 saturated heterocycles. The van der Waals surface area contributed by atoms with Gasteiger partial charge in [-0.05, 0) is 6.42 Å². The topological polar surface area (TPSA) is 17.8 Å². The Balaban J connectivity index is 2.15. The third-order valence-electron chi connectivity index (χ3n) is 1.52. The second-order valence-corrected chi connectivity index (χ2v) is 2.45. The summed E-state index contributed by atoms with van der Waals surface area (Å²) in [7, 11) is 0. The van der Waals surface area contributed by atoms with E-state index in [0.717, 1.165) is 6.54 Å². The van der Waals surface area contributed by atoms with Crippen molar-refractivity contribution in [2.45, 2.75) is 32.7 Å². The van der Waals surface area contributed by atoms with Gasteiger partial charge in [0.05, 0.1) is 6.33 Å². The van der Waals surface area contributed by atoms with Gasteiger partial charge in [0.15, 0.2) is 0 Å². The molecule has 0 aliphatic heterocycles. The van der Waals surface area contributed by atoms with Crippen molar-refractivity contribution in [3.8, 4) is 0 Å². The number of imidazole rings is 1. The summed E-state index contributed by atoms with van der Waals surface area (Å²) in [5.41, 5.74) is 0. The van der Waals surface area contributed by atoms with Crippen molar-refractivity contribution in [2.24, 2.45) is 0 Å². The zero-order chi connectivity index (χ0) is 7.23. The van der Waals surface area contributed by atoms with Crippen LogP contribution in [-0.2, 0) is 6.54 Å². The molecule has 0 saturated carbocycles. The molecule has 0 N–H and O–H groups in total. The van der Waals surface area contributed by atoms with Gasteiger partial charge in [-0.1, -0.05) is 19.8 Å². The van der Waals surface area contributed by atoms with Gasteiger partial charge < -0.3 is 4.57 Å². The Labute approximate surface area is 61.9 Å². The lowest BCUT2D eigenvalue weighted by atomic mass is 10.2. The van der Waals surface area contributed by atoms with Crippen molar-refractivity contribution in [3.05, 3.63) is 18.7 Å². The van der Waals surface area contributed by atoms with Crippen LogP contribution in [0.2, 0.25) is 0 Å². The van der Waals surface area contributed by atoms with Crippen molar-refractivity contribution >= 4 is 0 Å². The Bertz CT molecular complexity index is 156. The summed E-state index contributed by atoms with van der Waals surface area (Å²) < 4.78 is 2.07. The molecule has 0 bridgehead atoms. The van der Waals surface area contributed by atoms with Gasteiger partial charge in [-0.25, -0.2) is 4.98 Å². The Morgan fingerprint density at radius 1 is 1.50 bits per heavy atom. The highest BCUT2D eigenvalue weighted by molar-refractivity contribution is 4.71. The first-order valence-electron chi connectivity index (χ1n) is 3.81. The predicted octanol–water partition coefficient (Wildman–Crippen LogP) is 1.87. The number of hydrogen-bond donors (Lipinski definition) is 0. The fourth-order valence-corrected chi connectivity index (χ4v) is 0.915. The molecular weight excluding hydrogens is 124 g/mol. The summed E-state index contributed by atoms with van der Waals surface area (Å²) in [5, 5.41) is 0. The van der Waals surface area contributed by atoms with Gasteiger partial charge in [0.1, 0.15) is 6.20 Å². The maximum Gasteiger partial charge on any atom is 0.108 e. The molecule has 0 aliphatic carbocycles. The second kappa shape index (κ2) is 4.09. The van der Waals surface area contributed by atoms with Gasteiger partial charge in [0, 0.05) is 12.7 Å². The van der Waals surface area contributed by atoms with E-state index in [1.807, 2.05) is 12.5 Å². The SMILES string of the molecule is CCCCCn1c[c]nc1. The molecule has 1 radical (unpaired) electrons. The molecule has 1 rings (SSSR count). The van der Waals surface area contributed by atoms with Gasteiger partial charge in [0.2, 0.25) is 0 Å². The minimum Gasteiger partial charge on any atom is -0.337 e. The highest BCUT2D eigenvalue weighted by Gasteiger charge is 1.87. The second-order valence-electron chi connectivity index (χ2n) is 2.45. The fraction of sp³-hybridized carbons (Fsp3) is 0.625. The Morgan fingerprint density at radius 3 is 3.00 bits per heavy atom. The van der Waals surface area contributed by atoms with Crippen LogP contribution in [0.5, 0.6) is 0 Å². The van der Waals surface area contributed by atoms with Crippen molar-refractivity contribution in [1.82, 2.24) is 9.55 Å². The molecule has 0 aliphatic rings. The fourth-order valence-electron chi connectivity index (χ4n) is 0.915. The first kappa shape index (κ1) is 7.32. The third-order valence-corrected chi connectivity index (χ3v) is 1.52. The quantitative estimate of drug-likeness (QED) is 0.579. The van der Waals surface area contributed by atoms with E-state index in [1.54, 1.807) is 0 Å². The van der Waals surface area contributed by atoms with Gasteiger partial charge in [0.25, 0.3) is 0 Å². The van der Waals surface area contributed by atoms with E-state index in [9.17, 15) is 0 Å². The molecule has 55 valence electrons. The van der Waals surface area contributed by atoms with Crippen LogP contribution in [0.25, 0.3) is 0 Å². The van der Waals surface area contributed by atoms with Gasteiger partial charge in [-0.15, -0.1) is 0 Å². The number of unbranched alkanes of at least 4 members (excludes halogenated alkanes) is 2. The summed E-state index contributed by atoms with van der Waals surface area (Å²) in [6, 6.07) is 0. The molecule has 1 heterocycles. The molecule has 10 heavy (non-hydrogen) atoms. The summed E-state index contributed by atoms with van der Waals surface area (Å²) in [4.78, 5) is 3.84. The standard InChI is InChI=1S/C8H13N2/c1-2-3-4-6-10-7-5-9-8-10/h7-8H,2-4,6H2,1H3. The normalized spacial score (nSPS) is 10.1. The minimum absolute atomic E-state index is 1.09. The van der Waals surface area contributed by atoms with Gasteiger partial charge in [-0.2, -0.15) is 0 Å². The van der Waals surface area contributed by atoms with Crippen molar-refractivity contribution < 1.29 is 0 Å². The Kier molecular flexibility index (Phi) is 3.00. The first-order chi connectivity index (χ1) is 4.93. The molecule has 0 amide bonds. The highest BCUT2D eigenvalue weighted by atomic mass is 15.0. The van der Waals surface area contributed by atoms with Gasteiger partial charge in [-0.3, -0.25) is 0 Å². The smallest absolute Gasteiger partial charge is 0.108 e. The predicted molar refractivity (Wildman–Crippen MR) is 40.6 cm³/mol. The zero-order valence-electron chi connectivity index (χ0n) is 6.38. The van der Waals surface area contributed by atoms with E-state index in [1.165, 1.54) is 19.3 Å². The zero-order valence-corrected chi connectivity index (χ0v) is 6.38. The van der Waals surface area contributed by atoms with E-state index < -0.39 is 0 Å². The average Bonchev–Trinajstić information content (AvgIpc) is 2.41. The highest BCUT2D eigenvalue weighted by Crippen LogP contribution is 1.96. The minimum atomic E-state index is 1.09. The Morgan fingerprint density at radius 2 is 2.40 bits per heavy atom. The molecule has 1 aromatic rings. The van der Waals surface area contributed by atoms with Crippen LogP contribution >= 0.6 is 0 Å². The van der Waals surface area contributed by atoms with Gasteiger partial charge >= 0.3 is 0 Å². The van der Waals surface area contributed by atoms with Crippen LogP contribution < -0.4 is 0 Å². The number of nitrogens with zero attached hydrogens (tertiary/aromatic N) is 2. The molecule has 0 unspecified atom stereocenters. The van der Waals surface area contributed by atoms with Crippen LogP contribution in [0.15, 0.2) is 12.5 Å². The van der Waals surface area contributed by atoms with Crippen LogP contribution in [0.1, 0.15) is 26.2 Å². The third kappa shape index (κ3) is 2.21. The van der Waals surface area contributed by atoms with Crippen molar-refractivity contribution in [1.29, 1.82) is 0 Å². The van der Waals surface area contributed by atoms with Crippen molar-refractivity contribution in [3.63, 3.8) is 0 Å². The van der Waals surface area contributed by atoms with Crippen molar-refractivity contribution in [2.75, 3.05) is 0 Å². The number of hydrogen-bond acceptors (Lipinski definition) is 1. The van der Waals surface area contributed by atoms with E-state index in [0.29, 0.717) is 0 Å². The van der Waals surface area contributed by atoms with E-state index >= 15 is 0 Å². The van der Waals surface area contributed by atoms with Crippen LogP contribution in [-0.4, -0.2) is 9.55 Å². The van der Waals surface area contributed by atoms with E-state index in [-0.39, 0.29) is 0 Å². The number of aryl methyl sites for hydroxylation is 1. The van der Waals surface area contributed by atoms with Crippen LogP contribution in [0.4, 0.5) is 0 Å².